The molecule has 3 N–H and O–H groups in total. The molecule has 7 heteroatoms. The van der Waals surface area contributed by atoms with Crippen molar-refractivity contribution in [3.8, 4) is 11.6 Å². The van der Waals surface area contributed by atoms with Crippen LogP contribution in [0.2, 0.25) is 0 Å². The van der Waals surface area contributed by atoms with Gasteiger partial charge in [0.25, 0.3) is 5.69 Å². The zero-order valence-corrected chi connectivity index (χ0v) is 10.7. The fraction of sp³-hybridized carbons (Fsp3) is 0.0769. The number of hydrogen-bond acceptors (Lipinski definition) is 5. The van der Waals surface area contributed by atoms with Gasteiger partial charge >= 0.3 is 0 Å². The quantitative estimate of drug-likeness (QED) is 0.383. The van der Waals surface area contributed by atoms with Crippen LogP contribution in [0, 0.1) is 22.4 Å². The van der Waals surface area contributed by atoms with Crippen LogP contribution < -0.4 is 10.5 Å². The van der Waals surface area contributed by atoms with Gasteiger partial charge in [-0.25, -0.2) is 4.98 Å². The van der Waals surface area contributed by atoms with Gasteiger partial charge in [0.05, 0.1) is 10.5 Å². The molecule has 1 heterocycles. The second-order valence-electron chi connectivity index (χ2n) is 4.08. The third kappa shape index (κ3) is 2.72. The maximum atomic E-state index is 10.7. The van der Waals surface area contributed by atoms with Crippen LogP contribution in [0.3, 0.4) is 0 Å². The van der Waals surface area contributed by atoms with Crippen LogP contribution >= 0.6 is 0 Å². The average molecular weight is 272 g/mol. The van der Waals surface area contributed by atoms with Gasteiger partial charge in [-0.2, -0.15) is 0 Å². The van der Waals surface area contributed by atoms with Crippen LogP contribution in [0.15, 0.2) is 36.5 Å². The lowest BCUT2D eigenvalue weighted by atomic mass is 10.2. The van der Waals surface area contributed by atoms with E-state index in [4.69, 9.17) is 15.9 Å². The summed E-state index contributed by atoms with van der Waals surface area (Å²) >= 11 is 0. The second kappa shape index (κ2) is 5.35. The number of nitrogens with zero attached hydrogens (tertiary/aromatic N) is 2. The molecular weight excluding hydrogens is 260 g/mol. The Morgan fingerprint density at radius 2 is 2.20 bits per heavy atom. The van der Waals surface area contributed by atoms with Crippen molar-refractivity contribution >= 4 is 11.5 Å². The lowest BCUT2D eigenvalue weighted by molar-refractivity contribution is -0.385. The summed E-state index contributed by atoms with van der Waals surface area (Å²) in [5.74, 6) is 0.425. The van der Waals surface area contributed by atoms with Gasteiger partial charge in [0.1, 0.15) is 11.6 Å². The van der Waals surface area contributed by atoms with E-state index in [9.17, 15) is 10.1 Å². The molecule has 0 fully saturated rings. The van der Waals surface area contributed by atoms with E-state index >= 15 is 0 Å². The van der Waals surface area contributed by atoms with Crippen LogP contribution in [0.25, 0.3) is 0 Å². The molecule has 2 aromatic rings. The predicted molar refractivity (Wildman–Crippen MR) is 73.2 cm³/mol. The number of pyridine rings is 1. The first-order valence-electron chi connectivity index (χ1n) is 5.71. The van der Waals surface area contributed by atoms with E-state index in [2.05, 4.69) is 4.98 Å². The molecule has 0 spiro atoms. The molecule has 0 atom stereocenters. The largest absolute Gasteiger partial charge is 0.438 e. The number of rotatable bonds is 4. The molecule has 0 aliphatic carbocycles. The number of amidine groups is 1. The van der Waals surface area contributed by atoms with Gasteiger partial charge in [-0.1, -0.05) is 0 Å². The van der Waals surface area contributed by atoms with Crippen molar-refractivity contribution in [2.45, 2.75) is 6.92 Å². The number of hydrogen-bond donors (Lipinski definition) is 2. The monoisotopic (exact) mass is 272 g/mol. The van der Waals surface area contributed by atoms with Crippen LogP contribution in [0.5, 0.6) is 11.6 Å². The number of aromatic nitrogens is 1. The first kappa shape index (κ1) is 13.5. The Hall–Kier alpha value is -2.96. The van der Waals surface area contributed by atoms with Crippen LogP contribution in [0.4, 0.5) is 5.69 Å². The predicted octanol–water partition coefficient (Wildman–Crippen LogP) is 2.37. The lowest BCUT2D eigenvalue weighted by Crippen LogP contribution is -2.12. The van der Waals surface area contributed by atoms with Crippen molar-refractivity contribution in [1.29, 1.82) is 5.41 Å². The molecule has 0 aliphatic rings. The summed E-state index contributed by atoms with van der Waals surface area (Å²) in [7, 11) is 0. The van der Waals surface area contributed by atoms with Gasteiger partial charge in [-0.3, -0.25) is 15.5 Å². The molecule has 1 aromatic carbocycles. The highest BCUT2D eigenvalue weighted by Gasteiger charge is 2.13. The minimum absolute atomic E-state index is 0.0187. The topological polar surface area (TPSA) is 115 Å². The Labute approximate surface area is 114 Å². The van der Waals surface area contributed by atoms with Crippen LogP contribution in [-0.2, 0) is 0 Å². The number of benzene rings is 1. The Bertz CT molecular complexity index is 685. The summed E-state index contributed by atoms with van der Waals surface area (Å²) in [5.41, 5.74) is 6.30. The highest BCUT2D eigenvalue weighted by Crippen LogP contribution is 2.27. The summed E-state index contributed by atoms with van der Waals surface area (Å²) in [6.45, 7) is 1.62. The molecule has 0 saturated heterocycles. The van der Waals surface area contributed by atoms with E-state index in [0.717, 1.165) is 0 Å². The molecule has 20 heavy (non-hydrogen) atoms. The number of nitro groups is 1. The zero-order chi connectivity index (χ0) is 14.7. The molecule has 0 radical (unpaired) electrons. The van der Waals surface area contributed by atoms with E-state index in [-0.39, 0.29) is 17.4 Å². The molecule has 102 valence electrons. The summed E-state index contributed by atoms with van der Waals surface area (Å²) in [5, 5.41) is 18.2. The number of ether oxygens (including phenoxy) is 1. The molecule has 1 aromatic heterocycles. The van der Waals surface area contributed by atoms with E-state index in [1.54, 1.807) is 19.1 Å². The molecular formula is C13H12N4O3. The SMILES string of the molecule is Cc1cc(Oc2ncccc2C(=N)N)ccc1[N+](=O)[O-]. The fourth-order valence-corrected chi connectivity index (χ4v) is 1.69. The van der Waals surface area contributed by atoms with Gasteiger partial charge in [-0.15, -0.1) is 0 Å². The van der Waals surface area contributed by atoms with Gasteiger partial charge in [-0.05, 0) is 31.2 Å². The van der Waals surface area contributed by atoms with Crippen molar-refractivity contribution in [3.05, 3.63) is 57.8 Å². The Morgan fingerprint density at radius 3 is 2.80 bits per heavy atom. The van der Waals surface area contributed by atoms with Crippen LogP contribution in [-0.4, -0.2) is 15.7 Å². The fourth-order valence-electron chi connectivity index (χ4n) is 1.69. The highest BCUT2D eigenvalue weighted by atomic mass is 16.6. The third-order valence-electron chi connectivity index (χ3n) is 2.64. The van der Waals surface area contributed by atoms with Crippen molar-refractivity contribution in [2.24, 2.45) is 5.73 Å². The van der Waals surface area contributed by atoms with Gasteiger partial charge in [0, 0.05) is 17.8 Å². The number of nitro benzene ring substituents is 1. The minimum Gasteiger partial charge on any atom is -0.438 e. The molecule has 2 rings (SSSR count). The molecule has 0 unspecified atom stereocenters. The normalized spacial score (nSPS) is 10.1. The molecule has 7 nitrogen and oxygen atoms in total. The zero-order valence-electron chi connectivity index (χ0n) is 10.7. The smallest absolute Gasteiger partial charge is 0.272 e. The van der Waals surface area contributed by atoms with Gasteiger partial charge < -0.3 is 10.5 Å². The maximum absolute atomic E-state index is 10.7. The molecule has 0 saturated carbocycles. The van der Waals surface area contributed by atoms with E-state index in [1.165, 1.54) is 24.4 Å². The van der Waals surface area contributed by atoms with E-state index < -0.39 is 4.92 Å². The highest BCUT2D eigenvalue weighted by molar-refractivity contribution is 5.97. The third-order valence-corrected chi connectivity index (χ3v) is 2.64. The summed E-state index contributed by atoms with van der Waals surface area (Å²) in [4.78, 5) is 14.3. The molecule has 0 aliphatic heterocycles. The summed E-state index contributed by atoms with van der Waals surface area (Å²) < 4.78 is 5.53. The molecule has 0 amide bonds. The number of aryl methyl sites for hydroxylation is 1. The van der Waals surface area contributed by atoms with Crippen molar-refractivity contribution in [1.82, 2.24) is 4.98 Å². The standard InChI is InChI=1S/C13H12N4O3/c1-8-7-9(4-5-11(8)17(18)19)20-13-10(12(14)15)3-2-6-16-13/h2-7H,1H3,(H3,14,15). The van der Waals surface area contributed by atoms with Gasteiger partial charge in [0.15, 0.2) is 0 Å². The van der Waals surface area contributed by atoms with Crippen molar-refractivity contribution in [3.63, 3.8) is 0 Å². The van der Waals surface area contributed by atoms with E-state index in [1.807, 2.05) is 0 Å². The number of nitrogens with one attached hydrogen (secondary N) is 1. The van der Waals surface area contributed by atoms with Gasteiger partial charge in [0.2, 0.25) is 5.88 Å². The lowest BCUT2D eigenvalue weighted by Gasteiger charge is -2.09. The Kier molecular flexibility index (Phi) is 3.60. The maximum Gasteiger partial charge on any atom is 0.272 e. The van der Waals surface area contributed by atoms with Crippen molar-refractivity contribution in [2.75, 3.05) is 0 Å². The first-order valence-corrected chi connectivity index (χ1v) is 5.71. The van der Waals surface area contributed by atoms with E-state index in [0.29, 0.717) is 16.9 Å². The molecule has 0 bridgehead atoms. The van der Waals surface area contributed by atoms with Crippen molar-refractivity contribution < 1.29 is 9.66 Å². The Morgan fingerprint density at radius 1 is 1.45 bits per heavy atom. The Balaban J connectivity index is 2.34. The minimum atomic E-state index is -0.457. The first-order chi connectivity index (χ1) is 9.49. The second-order valence-corrected chi connectivity index (χ2v) is 4.08. The number of nitrogen functional groups attached to an aromatic ring is 1. The summed E-state index contributed by atoms with van der Waals surface area (Å²) in [6.07, 6.45) is 1.51. The summed E-state index contributed by atoms with van der Waals surface area (Å²) in [6, 6.07) is 7.63. The number of nitrogens with two attached hydrogens (primary N) is 1. The van der Waals surface area contributed by atoms with Crippen LogP contribution in [0.1, 0.15) is 11.1 Å². The average Bonchev–Trinajstić information content (AvgIpc) is 2.38.